The van der Waals surface area contributed by atoms with E-state index in [1.807, 2.05) is 6.92 Å². The molecule has 0 saturated heterocycles. The van der Waals surface area contributed by atoms with Crippen molar-refractivity contribution in [3.63, 3.8) is 0 Å². The number of unbranched alkanes of at least 4 members (excludes halogenated alkanes) is 25. The van der Waals surface area contributed by atoms with Crippen LogP contribution in [0.25, 0.3) is 0 Å². The van der Waals surface area contributed by atoms with Crippen LogP contribution in [0.4, 0.5) is 0 Å². The largest absolute Gasteiger partial charge is 0.303 e. The summed E-state index contributed by atoms with van der Waals surface area (Å²) < 4.78 is 0. The summed E-state index contributed by atoms with van der Waals surface area (Å²) in [5, 5.41) is 0. The molecule has 0 saturated carbocycles. The fourth-order valence-corrected chi connectivity index (χ4v) is 4.85. The molecule has 0 aromatic carbocycles. The third-order valence-corrected chi connectivity index (χ3v) is 7.25. The molecule has 1 nitrogen and oxygen atoms in total. The first kappa shape index (κ1) is 31.7. The summed E-state index contributed by atoms with van der Waals surface area (Å²) in [5.41, 5.74) is 0. The first-order valence-corrected chi connectivity index (χ1v) is 15.3. The highest BCUT2D eigenvalue weighted by Crippen LogP contribution is 2.16. The second-order valence-corrected chi connectivity index (χ2v) is 10.7. The van der Waals surface area contributed by atoms with E-state index in [-0.39, 0.29) is 5.92 Å². The number of carbonyl (C=O) groups is 1. The molecule has 0 rings (SSSR count). The maximum Gasteiger partial charge on any atom is 0.122 e. The van der Waals surface area contributed by atoms with Crippen LogP contribution in [0.15, 0.2) is 0 Å². The van der Waals surface area contributed by atoms with Gasteiger partial charge < -0.3 is 4.79 Å². The monoisotopic (exact) mass is 450 g/mol. The number of rotatable bonds is 28. The number of hydrogen-bond donors (Lipinski definition) is 0. The van der Waals surface area contributed by atoms with Gasteiger partial charge in [0.15, 0.2) is 0 Å². The molecule has 1 unspecified atom stereocenters. The average molecular weight is 451 g/mol. The van der Waals surface area contributed by atoms with Gasteiger partial charge in [0.05, 0.1) is 0 Å². The standard InChI is InChI=1S/C31H62O/c1-3-4-5-6-7-8-9-10-11-12-13-14-15-16-17-18-19-20-21-22-23-24-25-26-27-28-29-31(2)30-32/h30-31H,3-29H2,1-2H3. The van der Waals surface area contributed by atoms with E-state index in [1.54, 1.807) is 0 Å². The zero-order valence-corrected chi connectivity index (χ0v) is 22.7. The van der Waals surface area contributed by atoms with Crippen LogP contribution in [-0.2, 0) is 4.79 Å². The van der Waals surface area contributed by atoms with Crippen molar-refractivity contribution in [3.05, 3.63) is 0 Å². The molecule has 0 bridgehead atoms. The lowest BCUT2D eigenvalue weighted by atomic mass is 10.0. The molecule has 192 valence electrons. The maximum atomic E-state index is 10.6. The Morgan fingerprint density at radius 1 is 0.406 bits per heavy atom. The smallest absolute Gasteiger partial charge is 0.122 e. The van der Waals surface area contributed by atoms with E-state index in [0.717, 1.165) is 12.7 Å². The van der Waals surface area contributed by atoms with Crippen LogP contribution < -0.4 is 0 Å². The number of carbonyl (C=O) groups excluding carboxylic acids is 1. The van der Waals surface area contributed by atoms with Crippen LogP contribution in [0.5, 0.6) is 0 Å². The van der Waals surface area contributed by atoms with E-state index in [4.69, 9.17) is 0 Å². The fraction of sp³-hybridized carbons (Fsp3) is 0.968. The van der Waals surface area contributed by atoms with E-state index in [0.29, 0.717) is 0 Å². The van der Waals surface area contributed by atoms with E-state index in [1.165, 1.54) is 167 Å². The van der Waals surface area contributed by atoms with Crippen LogP contribution in [0.1, 0.15) is 187 Å². The van der Waals surface area contributed by atoms with Gasteiger partial charge in [-0.2, -0.15) is 0 Å². The molecule has 0 aromatic heterocycles. The van der Waals surface area contributed by atoms with Gasteiger partial charge in [-0.3, -0.25) is 0 Å². The topological polar surface area (TPSA) is 17.1 Å². The third-order valence-electron chi connectivity index (χ3n) is 7.25. The SMILES string of the molecule is CCCCCCCCCCCCCCCCCCCCCCCCCCCCC(C)C=O. The van der Waals surface area contributed by atoms with Crippen LogP contribution >= 0.6 is 0 Å². The van der Waals surface area contributed by atoms with E-state index in [2.05, 4.69) is 6.92 Å². The Morgan fingerprint density at radius 3 is 0.844 bits per heavy atom. The molecule has 0 aliphatic rings. The van der Waals surface area contributed by atoms with E-state index in [9.17, 15) is 4.79 Å². The van der Waals surface area contributed by atoms with Gasteiger partial charge in [-0.15, -0.1) is 0 Å². The predicted octanol–water partition coefficient (Wildman–Crippen LogP) is 11.4. The van der Waals surface area contributed by atoms with Crippen molar-refractivity contribution in [2.75, 3.05) is 0 Å². The van der Waals surface area contributed by atoms with Gasteiger partial charge in [0.25, 0.3) is 0 Å². The van der Waals surface area contributed by atoms with E-state index < -0.39 is 0 Å². The first-order valence-electron chi connectivity index (χ1n) is 15.3. The molecule has 0 heterocycles. The van der Waals surface area contributed by atoms with Gasteiger partial charge in [-0.05, 0) is 6.42 Å². The summed E-state index contributed by atoms with van der Waals surface area (Å²) in [6.45, 7) is 4.34. The second kappa shape index (κ2) is 28.7. The lowest BCUT2D eigenvalue weighted by Gasteiger charge is -2.05. The van der Waals surface area contributed by atoms with Crippen LogP contribution in [0, 0.1) is 5.92 Å². The minimum atomic E-state index is 0.268. The Bertz CT molecular complexity index is 337. The summed E-state index contributed by atoms with van der Waals surface area (Å²) in [4.78, 5) is 10.6. The summed E-state index contributed by atoms with van der Waals surface area (Å²) >= 11 is 0. The highest BCUT2D eigenvalue weighted by molar-refractivity contribution is 5.52. The summed E-state index contributed by atoms with van der Waals surface area (Å²) in [5.74, 6) is 0.268. The van der Waals surface area contributed by atoms with Crippen molar-refractivity contribution in [2.24, 2.45) is 5.92 Å². The van der Waals surface area contributed by atoms with Gasteiger partial charge in [0.1, 0.15) is 6.29 Å². The lowest BCUT2D eigenvalue weighted by molar-refractivity contribution is -0.110. The van der Waals surface area contributed by atoms with Gasteiger partial charge in [-0.25, -0.2) is 0 Å². The molecule has 0 aromatic rings. The zero-order valence-electron chi connectivity index (χ0n) is 22.7. The summed E-state index contributed by atoms with van der Waals surface area (Å²) in [6, 6.07) is 0. The molecule has 1 heteroatoms. The Hall–Kier alpha value is -0.330. The highest BCUT2D eigenvalue weighted by Gasteiger charge is 1.99. The molecule has 0 aliphatic heterocycles. The van der Waals surface area contributed by atoms with Crippen LogP contribution in [0.2, 0.25) is 0 Å². The summed E-state index contributed by atoms with van der Waals surface area (Å²) in [7, 11) is 0. The third kappa shape index (κ3) is 27.7. The fourth-order valence-electron chi connectivity index (χ4n) is 4.85. The number of aldehydes is 1. The summed E-state index contributed by atoms with van der Waals surface area (Å²) in [6.07, 6.45) is 39.7. The lowest BCUT2D eigenvalue weighted by Crippen LogP contribution is -1.94. The van der Waals surface area contributed by atoms with Crippen molar-refractivity contribution < 1.29 is 4.79 Å². The normalized spacial score (nSPS) is 12.3. The van der Waals surface area contributed by atoms with Crippen molar-refractivity contribution in [2.45, 2.75) is 187 Å². The van der Waals surface area contributed by atoms with Crippen molar-refractivity contribution in [1.29, 1.82) is 0 Å². The second-order valence-electron chi connectivity index (χ2n) is 10.7. The van der Waals surface area contributed by atoms with E-state index >= 15 is 0 Å². The molecular weight excluding hydrogens is 388 g/mol. The number of hydrogen-bond acceptors (Lipinski definition) is 1. The quantitative estimate of drug-likeness (QED) is 0.0855. The molecule has 0 amide bonds. The van der Waals surface area contributed by atoms with Crippen molar-refractivity contribution >= 4 is 6.29 Å². The predicted molar refractivity (Wildman–Crippen MR) is 146 cm³/mol. The van der Waals surface area contributed by atoms with Gasteiger partial charge in [0.2, 0.25) is 0 Å². The molecule has 0 radical (unpaired) electrons. The molecular formula is C31H62O. The molecule has 0 N–H and O–H groups in total. The Morgan fingerprint density at radius 2 is 0.625 bits per heavy atom. The maximum absolute atomic E-state index is 10.6. The highest BCUT2D eigenvalue weighted by atomic mass is 16.1. The van der Waals surface area contributed by atoms with Gasteiger partial charge in [-0.1, -0.05) is 181 Å². The minimum absolute atomic E-state index is 0.268. The average Bonchev–Trinajstić information content (AvgIpc) is 2.81. The molecule has 0 spiro atoms. The van der Waals surface area contributed by atoms with Crippen LogP contribution in [-0.4, -0.2) is 6.29 Å². The Balaban J connectivity index is 3.02. The van der Waals surface area contributed by atoms with Gasteiger partial charge >= 0.3 is 0 Å². The molecule has 0 aliphatic carbocycles. The van der Waals surface area contributed by atoms with Gasteiger partial charge in [0, 0.05) is 5.92 Å². The first-order chi connectivity index (χ1) is 15.8. The van der Waals surface area contributed by atoms with Crippen molar-refractivity contribution in [1.82, 2.24) is 0 Å². The Labute approximate surface area is 204 Å². The molecule has 32 heavy (non-hydrogen) atoms. The minimum Gasteiger partial charge on any atom is -0.303 e. The zero-order chi connectivity index (χ0) is 23.4. The van der Waals surface area contributed by atoms with Crippen molar-refractivity contribution in [3.8, 4) is 0 Å². The van der Waals surface area contributed by atoms with Crippen LogP contribution in [0.3, 0.4) is 0 Å². The molecule has 0 fully saturated rings. The Kier molecular flexibility index (Phi) is 28.4. The molecule has 1 atom stereocenters.